The second-order valence-corrected chi connectivity index (χ2v) is 2.90. The lowest BCUT2D eigenvalue weighted by atomic mass is 9.62. The molecule has 0 aliphatic heterocycles. The summed E-state index contributed by atoms with van der Waals surface area (Å²) in [6, 6.07) is 0. The summed E-state index contributed by atoms with van der Waals surface area (Å²) in [7, 11) is 2.16. The highest BCUT2D eigenvalue weighted by atomic mass is 13.8. The van der Waals surface area contributed by atoms with Crippen molar-refractivity contribution >= 4 is 7.28 Å². The van der Waals surface area contributed by atoms with Gasteiger partial charge in [0.2, 0.25) is 0 Å². The Balaban J connectivity index is 4.34. The Morgan fingerprint density at radius 3 is 2.62 bits per heavy atom. The molecule has 0 atom stereocenters. The van der Waals surface area contributed by atoms with E-state index in [0.717, 1.165) is 6.42 Å². The molecule has 0 rings (SSSR count). The smallest absolute Gasteiger partial charge is 0.109 e. The lowest BCUT2D eigenvalue weighted by Crippen LogP contribution is -1.95. The molecule has 0 aliphatic rings. The van der Waals surface area contributed by atoms with Gasteiger partial charge < -0.3 is 0 Å². The van der Waals surface area contributed by atoms with Gasteiger partial charge in [0.25, 0.3) is 0 Å². The summed E-state index contributed by atoms with van der Waals surface area (Å²) < 4.78 is 0. The fourth-order valence-corrected chi connectivity index (χ4v) is 1.12. The summed E-state index contributed by atoms with van der Waals surface area (Å²) in [6.45, 7) is 9.96. The van der Waals surface area contributed by atoms with E-state index in [1.165, 1.54) is 10.9 Å². The number of hydrogen-bond donors (Lipinski definition) is 0. The first-order chi connectivity index (χ1) is 6.24. The van der Waals surface area contributed by atoms with E-state index in [0.29, 0.717) is 0 Å². The first-order valence-corrected chi connectivity index (χ1v) is 4.71. The molecule has 69 valence electrons. The van der Waals surface area contributed by atoms with Crippen molar-refractivity contribution in [1.29, 1.82) is 0 Å². The molecule has 0 amide bonds. The molecule has 0 aromatic rings. The normalized spacial score (nSPS) is 13.5. The molecule has 0 unspecified atom stereocenters. The molecule has 0 saturated heterocycles. The van der Waals surface area contributed by atoms with Crippen molar-refractivity contribution in [3.05, 3.63) is 47.9 Å². The van der Waals surface area contributed by atoms with E-state index in [9.17, 15) is 0 Å². The van der Waals surface area contributed by atoms with Crippen molar-refractivity contribution in [1.82, 2.24) is 0 Å². The third-order valence-corrected chi connectivity index (χ3v) is 1.59. The highest BCUT2D eigenvalue weighted by molar-refractivity contribution is 6.54. The average molecular weight is 173 g/mol. The molecule has 0 heterocycles. The Labute approximate surface area is 83.0 Å². The molecule has 0 bridgehead atoms. The van der Waals surface area contributed by atoms with Crippen molar-refractivity contribution in [3.63, 3.8) is 0 Å². The summed E-state index contributed by atoms with van der Waals surface area (Å²) >= 11 is 0. The van der Waals surface area contributed by atoms with E-state index in [-0.39, 0.29) is 0 Å². The lowest BCUT2D eigenvalue weighted by Gasteiger charge is -1.99. The zero-order chi connectivity index (χ0) is 10.1. The zero-order valence-electron chi connectivity index (χ0n) is 8.88. The Morgan fingerprint density at radius 1 is 1.46 bits per heavy atom. The largest absolute Gasteiger partial charge is 0.184 e. The standard InChI is InChI=1S/C12H18B/c1-5-8-11(4)13-12(9-6-2)10-7-3/h6-10H,2,5H2,1,3-4H3/b10-7-,11-8+,12-9+. The van der Waals surface area contributed by atoms with E-state index in [4.69, 9.17) is 0 Å². The maximum Gasteiger partial charge on any atom is 0.184 e. The molecule has 0 aromatic carbocycles. The Hall–Kier alpha value is -0.975. The summed E-state index contributed by atoms with van der Waals surface area (Å²) in [5.41, 5.74) is 2.49. The second-order valence-electron chi connectivity index (χ2n) is 2.90. The van der Waals surface area contributed by atoms with Crippen molar-refractivity contribution in [2.24, 2.45) is 0 Å². The summed E-state index contributed by atoms with van der Waals surface area (Å²) in [4.78, 5) is 0. The van der Waals surface area contributed by atoms with Crippen molar-refractivity contribution < 1.29 is 0 Å². The second kappa shape index (κ2) is 7.66. The molecule has 0 nitrogen and oxygen atoms in total. The zero-order valence-corrected chi connectivity index (χ0v) is 8.88. The molecule has 0 aromatic heterocycles. The van der Waals surface area contributed by atoms with Crippen LogP contribution in [0.2, 0.25) is 0 Å². The summed E-state index contributed by atoms with van der Waals surface area (Å²) in [5.74, 6) is 0. The van der Waals surface area contributed by atoms with Crippen molar-refractivity contribution in [3.8, 4) is 0 Å². The Kier molecular flexibility index (Phi) is 7.09. The van der Waals surface area contributed by atoms with Gasteiger partial charge in [-0.3, -0.25) is 0 Å². The molecule has 13 heavy (non-hydrogen) atoms. The van der Waals surface area contributed by atoms with E-state index in [2.05, 4.69) is 39.9 Å². The Morgan fingerprint density at radius 2 is 2.15 bits per heavy atom. The number of allylic oxidation sites excluding steroid dienone is 7. The maximum atomic E-state index is 3.69. The minimum atomic E-state index is 1.08. The van der Waals surface area contributed by atoms with Crippen LogP contribution in [0.4, 0.5) is 0 Å². The van der Waals surface area contributed by atoms with Gasteiger partial charge in [-0.15, -0.1) is 5.47 Å². The fourth-order valence-electron chi connectivity index (χ4n) is 1.12. The van der Waals surface area contributed by atoms with Crippen molar-refractivity contribution in [2.75, 3.05) is 0 Å². The van der Waals surface area contributed by atoms with E-state index in [1.807, 2.05) is 25.2 Å². The van der Waals surface area contributed by atoms with E-state index in [1.54, 1.807) is 0 Å². The molecular weight excluding hydrogens is 155 g/mol. The van der Waals surface area contributed by atoms with Gasteiger partial charge in [0, 0.05) is 0 Å². The van der Waals surface area contributed by atoms with Gasteiger partial charge in [-0.25, -0.2) is 0 Å². The third kappa shape index (κ3) is 6.21. The van der Waals surface area contributed by atoms with Gasteiger partial charge in [0.05, 0.1) is 0 Å². The number of rotatable bonds is 5. The van der Waals surface area contributed by atoms with Gasteiger partial charge in [-0.2, -0.15) is 0 Å². The SMILES string of the molecule is C=C/C=C([B]/C(C)=C/CC)\C=C/C. The van der Waals surface area contributed by atoms with E-state index >= 15 is 0 Å². The van der Waals surface area contributed by atoms with Crippen LogP contribution in [0.3, 0.4) is 0 Å². The molecule has 0 fully saturated rings. The average Bonchev–Trinajstić information content (AvgIpc) is 2.05. The van der Waals surface area contributed by atoms with E-state index < -0.39 is 0 Å². The fraction of sp³-hybridized carbons (Fsp3) is 0.333. The third-order valence-electron chi connectivity index (χ3n) is 1.59. The molecule has 0 saturated carbocycles. The summed E-state index contributed by atoms with van der Waals surface area (Å²) in [6.07, 6.45) is 11.2. The lowest BCUT2D eigenvalue weighted by molar-refractivity contribution is 1.21. The molecular formula is C12H18B. The maximum absolute atomic E-state index is 3.69. The molecule has 1 heteroatoms. The number of hydrogen-bond acceptors (Lipinski definition) is 0. The predicted octanol–water partition coefficient (Wildman–Crippen LogP) is 3.65. The monoisotopic (exact) mass is 173 g/mol. The highest BCUT2D eigenvalue weighted by Crippen LogP contribution is 2.03. The topological polar surface area (TPSA) is 0 Å². The van der Waals surface area contributed by atoms with Crippen LogP contribution in [0, 0.1) is 0 Å². The highest BCUT2D eigenvalue weighted by Gasteiger charge is 1.95. The Bertz CT molecular complexity index is 232. The van der Waals surface area contributed by atoms with Crippen LogP contribution in [0.1, 0.15) is 27.2 Å². The van der Waals surface area contributed by atoms with Gasteiger partial charge in [-0.05, 0) is 13.3 Å². The van der Waals surface area contributed by atoms with Gasteiger partial charge in [0.15, 0.2) is 7.28 Å². The molecule has 0 N–H and O–H groups in total. The molecule has 1 radical (unpaired) electrons. The molecule has 0 spiro atoms. The molecule has 0 aliphatic carbocycles. The van der Waals surface area contributed by atoms with Gasteiger partial charge in [-0.1, -0.05) is 56.3 Å². The quantitative estimate of drug-likeness (QED) is 0.439. The van der Waals surface area contributed by atoms with Crippen molar-refractivity contribution in [2.45, 2.75) is 27.2 Å². The van der Waals surface area contributed by atoms with Crippen LogP contribution in [0.25, 0.3) is 0 Å². The van der Waals surface area contributed by atoms with Crippen LogP contribution in [-0.2, 0) is 0 Å². The van der Waals surface area contributed by atoms with Crippen LogP contribution in [0.15, 0.2) is 47.9 Å². The van der Waals surface area contributed by atoms with Crippen LogP contribution in [0.5, 0.6) is 0 Å². The van der Waals surface area contributed by atoms with Gasteiger partial charge in [0.1, 0.15) is 0 Å². The first kappa shape index (κ1) is 12.0. The summed E-state index contributed by atoms with van der Waals surface area (Å²) in [5, 5.41) is 0. The van der Waals surface area contributed by atoms with Crippen LogP contribution < -0.4 is 0 Å². The first-order valence-electron chi connectivity index (χ1n) is 4.71. The van der Waals surface area contributed by atoms with Crippen LogP contribution >= 0.6 is 0 Å². The minimum Gasteiger partial charge on any atom is -0.109 e. The predicted molar refractivity (Wildman–Crippen MR) is 62.9 cm³/mol. The van der Waals surface area contributed by atoms with Gasteiger partial charge >= 0.3 is 0 Å². The minimum absolute atomic E-state index is 1.08. The van der Waals surface area contributed by atoms with Crippen LogP contribution in [-0.4, -0.2) is 7.28 Å².